The standard InChI is InChI=1S/C12H21N3O8/c1-4(17)15-10-9(20)8(19)6(3-16)23-12(10,22)11(21)5(13)2-7(14)18/h5-6,8-10,16,19-20,22H,2-3,13H2,1H3,(H2,14,18)(H,15,17)/t5-,6+,8+,9-,10+,12?/m0/s1/i1D. The molecule has 0 spiro atoms. The molecule has 0 saturated carbocycles. The van der Waals surface area contributed by atoms with Crippen molar-refractivity contribution in [1.82, 2.24) is 5.32 Å². The van der Waals surface area contributed by atoms with Crippen molar-refractivity contribution in [3.63, 3.8) is 0 Å². The van der Waals surface area contributed by atoms with E-state index in [4.69, 9.17) is 22.7 Å². The Bertz CT molecular complexity index is 507. The molecule has 1 aliphatic rings. The van der Waals surface area contributed by atoms with Gasteiger partial charge < -0.3 is 41.9 Å². The molecule has 2 amide bonds. The van der Waals surface area contributed by atoms with Gasteiger partial charge in [-0.25, -0.2) is 0 Å². The number of Topliss-reactive ketones (excluding diaryl/α,β-unsaturated/α-hetero) is 1. The molecule has 6 atom stereocenters. The molecule has 0 aliphatic carbocycles. The van der Waals surface area contributed by atoms with E-state index >= 15 is 0 Å². The lowest BCUT2D eigenvalue weighted by molar-refractivity contribution is -0.302. The molecule has 0 aromatic rings. The molecule has 1 unspecified atom stereocenters. The molecule has 1 heterocycles. The highest BCUT2D eigenvalue weighted by Crippen LogP contribution is 2.30. The lowest BCUT2D eigenvalue weighted by Crippen LogP contribution is -2.74. The van der Waals surface area contributed by atoms with Crippen LogP contribution in [0, 0.1) is 0 Å². The van der Waals surface area contributed by atoms with Crippen molar-refractivity contribution in [3.8, 4) is 0 Å². The van der Waals surface area contributed by atoms with E-state index in [9.17, 15) is 29.7 Å². The van der Waals surface area contributed by atoms with Gasteiger partial charge in [0.15, 0.2) is 0 Å². The molecular weight excluding hydrogens is 314 g/mol. The first-order valence-electron chi connectivity index (χ1n) is 7.33. The number of nitrogens with one attached hydrogen (secondary N) is 1. The summed E-state index contributed by atoms with van der Waals surface area (Å²) < 4.78 is 11.9. The Hall–Kier alpha value is -1.63. The highest BCUT2D eigenvalue weighted by Gasteiger charge is 2.58. The van der Waals surface area contributed by atoms with Gasteiger partial charge in [0, 0.05) is 14.7 Å². The molecule has 0 radical (unpaired) electrons. The van der Waals surface area contributed by atoms with Crippen LogP contribution in [-0.4, -0.2) is 80.8 Å². The number of primary amides is 1. The van der Waals surface area contributed by atoms with E-state index in [0.29, 0.717) is 0 Å². The molecule has 0 aromatic carbocycles. The van der Waals surface area contributed by atoms with Gasteiger partial charge in [-0.2, -0.15) is 0 Å². The maximum atomic E-state index is 12.4. The molecule has 132 valence electrons. The van der Waals surface area contributed by atoms with Crippen molar-refractivity contribution in [2.24, 2.45) is 11.5 Å². The van der Waals surface area contributed by atoms with Gasteiger partial charge >= 0.3 is 0 Å². The number of carbonyl (C=O) groups excluding carboxylic acids is 3. The lowest BCUT2D eigenvalue weighted by atomic mass is 9.85. The minimum Gasteiger partial charge on any atom is -0.394 e. The first-order chi connectivity index (χ1) is 11.1. The summed E-state index contributed by atoms with van der Waals surface area (Å²) >= 11 is 0. The van der Waals surface area contributed by atoms with E-state index in [1.165, 1.54) is 0 Å². The summed E-state index contributed by atoms with van der Waals surface area (Å²) in [6.07, 6.45) is -5.86. The topological polar surface area (TPSA) is 205 Å². The average Bonchev–Trinajstić information content (AvgIpc) is 2.53. The van der Waals surface area contributed by atoms with Gasteiger partial charge in [-0.3, -0.25) is 14.4 Å². The lowest BCUT2D eigenvalue weighted by Gasteiger charge is -2.47. The molecule has 1 aliphatic heterocycles. The molecule has 0 aromatic heterocycles. The predicted octanol–water partition coefficient (Wildman–Crippen LogP) is -4.94. The zero-order valence-electron chi connectivity index (χ0n) is 13.1. The largest absolute Gasteiger partial charge is 0.394 e. The van der Waals surface area contributed by atoms with Crippen molar-refractivity contribution in [2.75, 3.05) is 6.61 Å². The highest BCUT2D eigenvalue weighted by molar-refractivity contribution is 5.95. The van der Waals surface area contributed by atoms with Crippen LogP contribution in [-0.2, 0) is 19.1 Å². The van der Waals surface area contributed by atoms with E-state index in [1.807, 2.05) is 5.32 Å². The molecule has 11 nitrogen and oxygen atoms in total. The van der Waals surface area contributed by atoms with Crippen LogP contribution >= 0.6 is 0 Å². The molecule has 23 heavy (non-hydrogen) atoms. The highest BCUT2D eigenvalue weighted by atomic mass is 16.7. The summed E-state index contributed by atoms with van der Waals surface area (Å²) in [5.74, 6) is -6.15. The Kier molecular flexibility index (Phi) is 5.62. The molecule has 1 rings (SSSR count). The fourth-order valence-corrected chi connectivity index (χ4v) is 2.31. The number of rotatable bonds is 6. The second kappa shape index (κ2) is 7.29. The minimum absolute atomic E-state index is 0.647. The number of aliphatic hydroxyl groups is 4. The minimum atomic E-state index is -2.94. The van der Waals surface area contributed by atoms with Gasteiger partial charge in [0.2, 0.25) is 17.6 Å². The summed E-state index contributed by atoms with van der Waals surface area (Å²) in [6.45, 7) is -1.65. The number of aliphatic hydroxyl groups excluding tert-OH is 3. The molecule has 9 N–H and O–H groups in total. The van der Waals surface area contributed by atoms with Crippen molar-refractivity contribution in [1.29, 1.82) is 0 Å². The number of hydrogen-bond donors (Lipinski definition) is 7. The van der Waals surface area contributed by atoms with Crippen molar-refractivity contribution in [2.45, 2.75) is 49.5 Å². The summed E-state index contributed by atoms with van der Waals surface area (Å²) in [5, 5.41) is 41.6. The van der Waals surface area contributed by atoms with Gasteiger partial charge in [0.05, 0.1) is 12.6 Å². The van der Waals surface area contributed by atoms with Crippen LogP contribution in [0.25, 0.3) is 0 Å². The monoisotopic (exact) mass is 336 g/mol. The molecule has 1 saturated heterocycles. The number of ether oxygens (including phenoxy) is 1. The van der Waals surface area contributed by atoms with Crippen LogP contribution in [0.3, 0.4) is 0 Å². The summed E-state index contributed by atoms with van der Waals surface area (Å²) in [6, 6.07) is -3.50. The SMILES string of the molecule is [2H]CC(=O)N[C@@H]1[C@@H](O)[C@H](O)[C@@H](CO)OC1(O)C(=O)[C@@H](N)CC(N)=O. The first kappa shape index (κ1) is 17.7. The van der Waals surface area contributed by atoms with Crippen LogP contribution in [0.2, 0.25) is 0 Å². The van der Waals surface area contributed by atoms with Crippen molar-refractivity contribution >= 4 is 17.6 Å². The number of nitrogens with two attached hydrogens (primary N) is 2. The normalized spacial score (nSPS) is 36.0. The first-order valence-corrected chi connectivity index (χ1v) is 6.62. The third kappa shape index (κ3) is 4.02. The van der Waals surface area contributed by atoms with E-state index in [0.717, 1.165) is 0 Å². The van der Waals surface area contributed by atoms with Crippen molar-refractivity contribution in [3.05, 3.63) is 0 Å². The maximum Gasteiger partial charge on any atom is 0.252 e. The van der Waals surface area contributed by atoms with Gasteiger partial charge in [-0.05, 0) is 0 Å². The van der Waals surface area contributed by atoms with Crippen LogP contribution in [0.15, 0.2) is 0 Å². The zero-order chi connectivity index (χ0) is 18.7. The third-order valence-corrected chi connectivity index (χ3v) is 3.43. The smallest absolute Gasteiger partial charge is 0.252 e. The van der Waals surface area contributed by atoms with E-state index in [1.54, 1.807) is 0 Å². The Morgan fingerprint density at radius 3 is 2.48 bits per heavy atom. The summed E-state index contributed by atoms with van der Waals surface area (Å²) in [4.78, 5) is 34.7. The second-order valence-corrected chi connectivity index (χ2v) is 5.20. The molecule has 11 heteroatoms. The van der Waals surface area contributed by atoms with Crippen LogP contribution < -0.4 is 16.8 Å². The fourth-order valence-electron chi connectivity index (χ4n) is 2.31. The second-order valence-electron chi connectivity index (χ2n) is 5.20. The third-order valence-electron chi connectivity index (χ3n) is 3.43. The van der Waals surface area contributed by atoms with Crippen LogP contribution in [0.5, 0.6) is 0 Å². The van der Waals surface area contributed by atoms with E-state index < -0.39 is 73.7 Å². The van der Waals surface area contributed by atoms with Gasteiger partial charge in [-0.1, -0.05) is 0 Å². The molecule has 1 fully saturated rings. The zero-order valence-corrected chi connectivity index (χ0v) is 12.1. The van der Waals surface area contributed by atoms with Gasteiger partial charge in [0.25, 0.3) is 5.79 Å². The van der Waals surface area contributed by atoms with Crippen molar-refractivity contribution < 1.29 is 40.9 Å². The Morgan fingerprint density at radius 2 is 2.00 bits per heavy atom. The van der Waals surface area contributed by atoms with Crippen LogP contribution in [0.4, 0.5) is 0 Å². The fraction of sp³-hybridized carbons (Fsp3) is 0.750. The maximum absolute atomic E-state index is 12.4. The number of ketones is 1. The van der Waals surface area contributed by atoms with Crippen LogP contribution in [0.1, 0.15) is 14.7 Å². The molecular formula is C12H21N3O8. The summed E-state index contributed by atoms with van der Waals surface area (Å²) in [7, 11) is 0. The van der Waals surface area contributed by atoms with E-state index in [-0.39, 0.29) is 0 Å². The number of amides is 2. The van der Waals surface area contributed by atoms with Gasteiger partial charge in [0.1, 0.15) is 24.4 Å². The summed E-state index contributed by atoms with van der Waals surface area (Å²) in [5.41, 5.74) is 10.4. The Balaban J connectivity index is 3.20. The Labute approximate surface area is 132 Å². The quantitative estimate of drug-likeness (QED) is 0.248. The average molecular weight is 336 g/mol. The van der Waals surface area contributed by atoms with Gasteiger partial charge in [-0.15, -0.1) is 0 Å². The number of carbonyl (C=O) groups is 3. The number of hydrogen-bond acceptors (Lipinski definition) is 9. The molecule has 0 bridgehead atoms. The predicted molar refractivity (Wildman–Crippen MR) is 73.3 cm³/mol. The van der Waals surface area contributed by atoms with E-state index in [2.05, 4.69) is 0 Å². The Morgan fingerprint density at radius 1 is 1.39 bits per heavy atom.